The zero-order chi connectivity index (χ0) is 12.2. The lowest BCUT2D eigenvalue weighted by Crippen LogP contribution is -2.53. The summed E-state index contributed by atoms with van der Waals surface area (Å²) in [5, 5.41) is 16.9. The molecule has 0 aliphatic carbocycles. The van der Waals surface area contributed by atoms with E-state index in [2.05, 4.69) is 0 Å². The Hall–Kier alpha value is -1.31. The van der Waals surface area contributed by atoms with Crippen LogP contribution in [0.3, 0.4) is 0 Å². The van der Waals surface area contributed by atoms with Crippen LogP contribution in [-0.2, 0) is 0 Å². The highest BCUT2D eigenvalue weighted by Gasteiger charge is 2.43. The van der Waals surface area contributed by atoms with Gasteiger partial charge >= 0.3 is 6.18 Å². The number of halogens is 3. The minimum atomic E-state index is -4.28. The Morgan fingerprint density at radius 1 is 1.06 bits per heavy atom. The van der Waals surface area contributed by atoms with Gasteiger partial charge in [0.2, 0.25) is 0 Å². The molecule has 0 spiro atoms. The first-order valence-corrected chi connectivity index (χ1v) is 4.72. The van der Waals surface area contributed by atoms with Gasteiger partial charge in [0.05, 0.1) is 37.8 Å². The topological polar surface area (TPSA) is 54.1 Å². The normalized spacial score (nSPS) is 20.3. The summed E-state index contributed by atoms with van der Waals surface area (Å²) < 4.78 is 37.6. The van der Waals surface area contributed by atoms with Crippen molar-refractivity contribution >= 4 is 0 Å². The van der Waals surface area contributed by atoms with Gasteiger partial charge in [-0.25, -0.2) is 0 Å². The fraction of sp³-hybridized carbons (Fsp3) is 0.778. The summed E-state index contributed by atoms with van der Waals surface area (Å²) in [6, 6.07) is 3.64. The van der Waals surface area contributed by atoms with Crippen LogP contribution in [0.2, 0.25) is 0 Å². The van der Waals surface area contributed by atoms with Gasteiger partial charge in [-0.1, -0.05) is 0 Å². The Kier molecular flexibility index (Phi) is 4.11. The largest absolute Gasteiger partial charge is 0.394 e. The lowest BCUT2D eigenvalue weighted by atomic mass is 10.1. The van der Waals surface area contributed by atoms with Crippen LogP contribution in [0.5, 0.6) is 0 Å². The van der Waals surface area contributed by atoms with E-state index in [0.29, 0.717) is 0 Å². The summed E-state index contributed by atoms with van der Waals surface area (Å²) >= 11 is 0. The van der Waals surface area contributed by atoms with Gasteiger partial charge in [0.15, 0.2) is 0 Å². The monoisotopic (exact) mass is 232 g/mol. The van der Waals surface area contributed by atoms with Gasteiger partial charge in [-0.05, 0) is 0 Å². The van der Waals surface area contributed by atoms with Gasteiger partial charge < -0.3 is 0 Å². The van der Waals surface area contributed by atoms with Gasteiger partial charge in [-0.2, -0.15) is 23.7 Å². The summed E-state index contributed by atoms with van der Waals surface area (Å²) in [6.07, 6.45) is -4.28. The molecule has 1 aliphatic heterocycles. The maximum atomic E-state index is 12.5. The van der Waals surface area contributed by atoms with Crippen LogP contribution in [0, 0.1) is 28.6 Å². The number of nitriles is 2. The summed E-state index contributed by atoms with van der Waals surface area (Å²) in [5.41, 5.74) is 0. The van der Waals surface area contributed by atoms with Crippen LogP contribution in [-0.4, -0.2) is 48.8 Å². The maximum absolute atomic E-state index is 12.5. The predicted molar refractivity (Wildman–Crippen MR) is 48.8 cm³/mol. The second-order valence-electron chi connectivity index (χ2n) is 3.72. The van der Waals surface area contributed by atoms with Crippen LogP contribution >= 0.6 is 0 Å². The van der Waals surface area contributed by atoms with E-state index in [4.69, 9.17) is 10.5 Å². The molecule has 0 N–H and O–H groups in total. The summed E-state index contributed by atoms with van der Waals surface area (Å²) in [5.74, 6) is -1.48. The van der Waals surface area contributed by atoms with Crippen LogP contribution in [0.1, 0.15) is 0 Å². The maximum Gasteiger partial charge on any atom is 0.394 e. The van der Waals surface area contributed by atoms with Gasteiger partial charge in [0.1, 0.15) is 0 Å². The lowest BCUT2D eigenvalue weighted by molar-refractivity contribution is -0.194. The molecule has 0 unspecified atom stereocenters. The van der Waals surface area contributed by atoms with Crippen LogP contribution in [0.4, 0.5) is 13.2 Å². The minimum Gasteiger partial charge on any atom is -0.277 e. The molecule has 16 heavy (non-hydrogen) atoms. The number of hydrogen-bond acceptors (Lipinski definition) is 4. The first-order chi connectivity index (χ1) is 7.47. The first kappa shape index (κ1) is 12.8. The molecule has 1 heterocycles. The second-order valence-corrected chi connectivity index (χ2v) is 3.72. The fourth-order valence-electron chi connectivity index (χ4n) is 1.72. The van der Waals surface area contributed by atoms with Crippen molar-refractivity contribution in [1.29, 1.82) is 10.5 Å². The zero-order valence-corrected chi connectivity index (χ0v) is 8.54. The summed E-state index contributed by atoms with van der Waals surface area (Å²) in [6.45, 7) is -0.186. The zero-order valence-electron chi connectivity index (χ0n) is 8.54. The average Bonchev–Trinajstić information content (AvgIpc) is 2.17. The summed E-state index contributed by atoms with van der Waals surface area (Å²) in [4.78, 5) is 2.80. The highest BCUT2D eigenvalue weighted by molar-refractivity contribution is 4.88. The van der Waals surface area contributed by atoms with E-state index in [1.807, 2.05) is 12.1 Å². The van der Waals surface area contributed by atoms with Crippen LogP contribution < -0.4 is 0 Å². The molecule has 88 valence electrons. The van der Waals surface area contributed by atoms with Crippen molar-refractivity contribution in [2.75, 3.05) is 32.8 Å². The number of hydrogen-bond donors (Lipinski definition) is 0. The van der Waals surface area contributed by atoms with Crippen molar-refractivity contribution in [3.05, 3.63) is 0 Å². The Balaban J connectivity index is 2.68. The molecule has 0 aromatic carbocycles. The Bertz CT molecular complexity index is 290. The third kappa shape index (κ3) is 3.37. The quantitative estimate of drug-likeness (QED) is 0.660. The molecule has 0 atom stereocenters. The first-order valence-electron chi connectivity index (χ1n) is 4.72. The van der Waals surface area contributed by atoms with Crippen molar-refractivity contribution < 1.29 is 13.2 Å². The van der Waals surface area contributed by atoms with Gasteiger partial charge in [-0.15, -0.1) is 0 Å². The highest BCUT2D eigenvalue weighted by Crippen LogP contribution is 2.29. The van der Waals surface area contributed by atoms with Gasteiger partial charge in [0, 0.05) is 13.1 Å². The van der Waals surface area contributed by atoms with Crippen molar-refractivity contribution in [3.63, 3.8) is 0 Å². The Morgan fingerprint density at radius 2 is 1.50 bits per heavy atom. The predicted octanol–water partition coefficient (Wildman–Crippen LogP) is 0.787. The van der Waals surface area contributed by atoms with E-state index in [0.717, 1.165) is 0 Å². The molecular weight excluding hydrogens is 221 g/mol. The molecule has 0 bridgehead atoms. The molecular formula is C9H11F3N4. The van der Waals surface area contributed by atoms with Crippen molar-refractivity contribution in [3.8, 4) is 12.1 Å². The summed E-state index contributed by atoms with van der Waals surface area (Å²) in [7, 11) is 0. The highest BCUT2D eigenvalue weighted by atomic mass is 19.4. The van der Waals surface area contributed by atoms with Gasteiger partial charge in [-0.3, -0.25) is 9.80 Å². The average molecular weight is 232 g/mol. The second kappa shape index (κ2) is 5.15. The third-order valence-corrected chi connectivity index (χ3v) is 2.41. The van der Waals surface area contributed by atoms with Crippen molar-refractivity contribution in [1.82, 2.24) is 9.80 Å². The molecule has 0 aromatic heterocycles. The molecule has 1 saturated heterocycles. The number of rotatable bonds is 2. The van der Waals surface area contributed by atoms with E-state index < -0.39 is 12.1 Å². The number of alkyl halides is 3. The molecule has 4 nitrogen and oxygen atoms in total. The van der Waals surface area contributed by atoms with Crippen molar-refractivity contribution in [2.45, 2.75) is 6.18 Å². The van der Waals surface area contributed by atoms with E-state index >= 15 is 0 Å². The third-order valence-electron chi connectivity index (χ3n) is 2.41. The molecule has 0 radical (unpaired) electrons. The molecule has 1 rings (SSSR count). The molecule has 1 fully saturated rings. The fourth-order valence-corrected chi connectivity index (χ4v) is 1.72. The van der Waals surface area contributed by atoms with E-state index in [1.165, 1.54) is 9.80 Å². The van der Waals surface area contributed by atoms with Crippen LogP contribution in [0.25, 0.3) is 0 Å². The molecule has 0 aromatic rings. The lowest BCUT2D eigenvalue weighted by Gasteiger charge is -2.38. The van der Waals surface area contributed by atoms with Crippen molar-refractivity contribution in [2.24, 2.45) is 5.92 Å². The minimum absolute atomic E-state index is 0.0471. The SMILES string of the molecule is N#CCN1CC(C(F)(F)F)CN(CC#N)C1. The van der Waals surface area contributed by atoms with E-state index in [9.17, 15) is 13.2 Å². The van der Waals surface area contributed by atoms with E-state index in [1.54, 1.807) is 0 Å². The Morgan fingerprint density at radius 3 is 1.81 bits per heavy atom. The molecule has 7 heteroatoms. The van der Waals surface area contributed by atoms with Crippen LogP contribution in [0.15, 0.2) is 0 Å². The van der Waals surface area contributed by atoms with Gasteiger partial charge in [0.25, 0.3) is 0 Å². The Labute approximate surface area is 91.5 Å². The number of nitrogens with zero attached hydrogens (tertiary/aromatic N) is 4. The standard InChI is InChI=1S/C9H11F3N4/c10-9(11,12)8-5-15(3-1-13)7-16(6-8)4-2-14/h8H,3-7H2. The molecule has 0 saturated carbocycles. The smallest absolute Gasteiger partial charge is 0.277 e. The molecule has 1 aliphatic rings. The molecule has 0 amide bonds. The van der Waals surface area contributed by atoms with E-state index in [-0.39, 0.29) is 32.8 Å².